The van der Waals surface area contributed by atoms with Crippen LogP contribution in [0, 0.1) is 0 Å². The van der Waals surface area contributed by atoms with Crippen molar-refractivity contribution in [3.05, 3.63) is 36.0 Å². The second-order valence-electron chi connectivity index (χ2n) is 5.01. The van der Waals surface area contributed by atoms with Crippen LogP contribution in [0.4, 0.5) is 0 Å². The zero-order valence-electron chi connectivity index (χ0n) is 11.6. The van der Waals surface area contributed by atoms with Crippen LogP contribution in [0.1, 0.15) is 10.4 Å². The number of hydrogen-bond acceptors (Lipinski definition) is 3. The molecule has 0 spiro atoms. The molecule has 2 aromatic rings. The number of likely N-dealkylation sites (tertiary alicyclic amines) is 1. The second kappa shape index (κ2) is 5.26. The Morgan fingerprint density at radius 3 is 2.55 bits per heavy atom. The number of ether oxygens (including phenoxy) is 2. The molecule has 20 heavy (non-hydrogen) atoms. The monoisotopic (exact) mass is 274 g/mol. The van der Waals surface area contributed by atoms with E-state index in [-0.39, 0.29) is 18.1 Å². The highest BCUT2D eigenvalue weighted by atomic mass is 16.5. The first-order valence-corrected chi connectivity index (χ1v) is 6.65. The van der Waals surface area contributed by atoms with Gasteiger partial charge in [0.1, 0.15) is 12.2 Å². The number of methoxy groups -OCH3 is 2. The summed E-state index contributed by atoms with van der Waals surface area (Å²) in [6.45, 7) is 1.12. The molecular formula is C15H18N2O3. The van der Waals surface area contributed by atoms with Gasteiger partial charge in [0.2, 0.25) is 0 Å². The molecular weight excluding hydrogens is 256 g/mol. The Morgan fingerprint density at radius 2 is 1.90 bits per heavy atom. The number of fused-ring (bicyclic) bond motifs is 1. The number of aromatic nitrogens is 1. The number of rotatable bonds is 3. The molecule has 0 aliphatic carbocycles. The largest absolute Gasteiger partial charge is 0.377 e. The Hall–Kier alpha value is -1.85. The van der Waals surface area contributed by atoms with Crippen molar-refractivity contribution >= 4 is 16.8 Å². The molecule has 106 valence electrons. The second-order valence-corrected chi connectivity index (χ2v) is 5.01. The highest BCUT2D eigenvalue weighted by molar-refractivity contribution is 6.05. The van der Waals surface area contributed by atoms with Crippen LogP contribution in [0.15, 0.2) is 30.5 Å². The molecule has 2 unspecified atom stereocenters. The van der Waals surface area contributed by atoms with Gasteiger partial charge >= 0.3 is 0 Å². The predicted octanol–water partition coefficient (Wildman–Crippen LogP) is 1.65. The van der Waals surface area contributed by atoms with Crippen molar-refractivity contribution in [1.82, 2.24) is 9.88 Å². The maximum absolute atomic E-state index is 12.7. The molecule has 1 aliphatic heterocycles. The molecule has 1 fully saturated rings. The summed E-state index contributed by atoms with van der Waals surface area (Å²) in [6, 6.07) is 7.71. The SMILES string of the molecule is COC1CN(C(=O)c2cccc3cc[nH]c23)CC1OC. The maximum Gasteiger partial charge on any atom is 0.256 e. The highest BCUT2D eigenvalue weighted by Gasteiger charge is 2.36. The molecule has 1 N–H and O–H groups in total. The van der Waals surface area contributed by atoms with Crippen LogP contribution in [0.3, 0.4) is 0 Å². The highest BCUT2D eigenvalue weighted by Crippen LogP contribution is 2.22. The lowest BCUT2D eigenvalue weighted by molar-refractivity contribution is -0.00461. The number of carbonyl (C=O) groups excluding carboxylic acids is 1. The molecule has 0 radical (unpaired) electrons. The zero-order valence-corrected chi connectivity index (χ0v) is 11.6. The number of benzene rings is 1. The molecule has 5 heteroatoms. The fourth-order valence-corrected chi connectivity index (χ4v) is 2.80. The van der Waals surface area contributed by atoms with Gasteiger partial charge in [-0.25, -0.2) is 0 Å². The molecule has 5 nitrogen and oxygen atoms in total. The van der Waals surface area contributed by atoms with Crippen LogP contribution in [-0.4, -0.2) is 55.3 Å². The lowest BCUT2D eigenvalue weighted by Crippen LogP contribution is -2.30. The van der Waals surface area contributed by atoms with Crippen molar-refractivity contribution < 1.29 is 14.3 Å². The van der Waals surface area contributed by atoms with Gasteiger partial charge in [-0.1, -0.05) is 12.1 Å². The van der Waals surface area contributed by atoms with E-state index < -0.39 is 0 Å². The van der Waals surface area contributed by atoms with E-state index in [1.165, 1.54) is 0 Å². The standard InChI is InChI=1S/C15H18N2O3/c1-19-12-8-17(9-13(12)20-2)15(18)11-5-3-4-10-6-7-16-14(10)11/h3-7,12-13,16H,8-9H2,1-2H3. The summed E-state index contributed by atoms with van der Waals surface area (Å²) in [5.41, 5.74) is 1.58. The lowest BCUT2D eigenvalue weighted by atomic mass is 10.1. The average molecular weight is 274 g/mol. The van der Waals surface area contributed by atoms with Gasteiger partial charge in [-0.15, -0.1) is 0 Å². The van der Waals surface area contributed by atoms with Crippen molar-refractivity contribution in [2.45, 2.75) is 12.2 Å². The minimum atomic E-state index is -0.0632. The topological polar surface area (TPSA) is 54.6 Å². The number of amides is 1. The van der Waals surface area contributed by atoms with Gasteiger partial charge in [-0.05, 0) is 12.1 Å². The third kappa shape index (κ3) is 2.09. The van der Waals surface area contributed by atoms with Crippen molar-refractivity contribution in [3.8, 4) is 0 Å². The molecule has 1 aliphatic rings. The Bertz CT molecular complexity index is 610. The Labute approximate surface area is 117 Å². The van der Waals surface area contributed by atoms with Crippen molar-refractivity contribution in [2.75, 3.05) is 27.3 Å². The van der Waals surface area contributed by atoms with Crippen LogP contribution in [-0.2, 0) is 9.47 Å². The Morgan fingerprint density at radius 1 is 1.20 bits per heavy atom. The van der Waals surface area contributed by atoms with Crippen LogP contribution in [0.25, 0.3) is 10.9 Å². The fraction of sp³-hybridized carbons (Fsp3) is 0.400. The zero-order chi connectivity index (χ0) is 14.1. The maximum atomic E-state index is 12.7. The minimum Gasteiger partial charge on any atom is -0.377 e. The number of nitrogens with one attached hydrogen (secondary N) is 1. The van der Waals surface area contributed by atoms with Gasteiger partial charge in [0.15, 0.2) is 0 Å². The smallest absolute Gasteiger partial charge is 0.256 e. The summed E-state index contributed by atoms with van der Waals surface area (Å²) in [7, 11) is 3.30. The van der Waals surface area contributed by atoms with E-state index >= 15 is 0 Å². The van der Waals surface area contributed by atoms with E-state index in [9.17, 15) is 4.79 Å². The molecule has 1 saturated heterocycles. The minimum absolute atomic E-state index is 0.0136. The summed E-state index contributed by atoms with van der Waals surface area (Å²) in [6.07, 6.45) is 1.72. The summed E-state index contributed by atoms with van der Waals surface area (Å²) in [5.74, 6) is 0.0136. The van der Waals surface area contributed by atoms with Gasteiger partial charge in [0.25, 0.3) is 5.91 Å². The van der Waals surface area contributed by atoms with E-state index in [4.69, 9.17) is 9.47 Å². The molecule has 0 bridgehead atoms. The van der Waals surface area contributed by atoms with Gasteiger partial charge in [0.05, 0.1) is 11.1 Å². The Balaban J connectivity index is 1.88. The third-order valence-electron chi connectivity index (χ3n) is 3.93. The molecule has 1 aromatic heterocycles. The van der Waals surface area contributed by atoms with Gasteiger partial charge < -0.3 is 19.4 Å². The van der Waals surface area contributed by atoms with E-state index in [0.717, 1.165) is 10.9 Å². The first-order chi connectivity index (χ1) is 9.74. The van der Waals surface area contributed by atoms with Crippen LogP contribution in [0.5, 0.6) is 0 Å². The quantitative estimate of drug-likeness (QED) is 0.926. The van der Waals surface area contributed by atoms with E-state index in [1.54, 1.807) is 19.1 Å². The molecule has 1 amide bonds. The first-order valence-electron chi connectivity index (χ1n) is 6.65. The predicted molar refractivity (Wildman–Crippen MR) is 75.8 cm³/mol. The fourth-order valence-electron chi connectivity index (χ4n) is 2.80. The number of para-hydroxylation sites is 1. The third-order valence-corrected chi connectivity index (χ3v) is 3.93. The number of aromatic amines is 1. The lowest BCUT2D eigenvalue weighted by Gasteiger charge is -2.16. The van der Waals surface area contributed by atoms with Gasteiger partial charge in [0, 0.05) is 38.9 Å². The summed E-state index contributed by atoms with van der Waals surface area (Å²) in [5, 5.41) is 1.04. The van der Waals surface area contributed by atoms with Crippen LogP contribution < -0.4 is 0 Å². The number of nitrogens with zero attached hydrogens (tertiary/aromatic N) is 1. The number of carbonyl (C=O) groups is 1. The molecule has 2 atom stereocenters. The molecule has 1 aromatic carbocycles. The summed E-state index contributed by atoms with van der Waals surface area (Å²) < 4.78 is 10.8. The van der Waals surface area contributed by atoms with Gasteiger partial charge in [-0.2, -0.15) is 0 Å². The summed E-state index contributed by atoms with van der Waals surface area (Å²) in [4.78, 5) is 17.6. The molecule has 3 rings (SSSR count). The Kier molecular flexibility index (Phi) is 3.46. The molecule has 2 heterocycles. The average Bonchev–Trinajstić information content (AvgIpc) is 3.11. The van der Waals surface area contributed by atoms with Crippen LogP contribution >= 0.6 is 0 Å². The van der Waals surface area contributed by atoms with Crippen molar-refractivity contribution in [3.63, 3.8) is 0 Å². The summed E-state index contributed by atoms with van der Waals surface area (Å²) >= 11 is 0. The van der Waals surface area contributed by atoms with Crippen molar-refractivity contribution in [1.29, 1.82) is 0 Å². The van der Waals surface area contributed by atoms with E-state index in [2.05, 4.69) is 4.98 Å². The normalized spacial score (nSPS) is 22.6. The number of H-pyrrole nitrogens is 1. The van der Waals surface area contributed by atoms with Crippen LogP contribution in [0.2, 0.25) is 0 Å². The first kappa shape index (κ1) is 13.1. The van der Waals surface area contributed by atoms with Gasteiger partial charge in [-0.3, -0.25) is 4.79 Å². The van der Waals surface area contributed by atoms with Crippen molar-refractivity contribution in [2.24, 2.45) is 0 Å². The van der Waals surface area contributed by atoms with E-state index in [0.29, 0.717) is 18.7 Å². The molecule has 0 saturated carbocycles. The number of hydrogen-bond donors (Lipinski definition) is 1. The van der Waals surface area contributed by atoms with E-state index in [1.807, 2.05) is 30.5 Å².